The first-order chi connectivity index (χ1) is 8.51. The first kappa shape index (κ1) is 14.7. The molecule has 0 fully saturated rings. The number of ketones is 1. The summed E-state index contributed by atoms with van der Waals surface area (Å²) in [5.74, 6) is -1.20. The lowest BCUT2D eigenvalue weighted by Crippen LogP contribution is -2.11. The van der Waals surface area contributed by atoms with Crippen LogP contribution in [0.5, 0.6) is 5.75 Å². The highest BCUT2D eigenvalue weighted by atomic mass is 79.9. The Hall–Kier alpha value is -1.40. The number of carboxylic acid groups (broad SMARTS) is 1. The third kappa shape index (κ3) is 3.30. The van der Waals surface area contributed by atoms with Gasteiger partial charge in [0.05, 0.1) is 12.7 Å². The van der Waals surface area contributed by atoms with Crippen molar-refractivity contribution in [1.82, 2.24) is 0 Å². The van der Waals surface area contributed by atoms with E-state index in [9.17, 15) is 14.7 Å². The normalized spacial score (nSPS) is 11.9. The molecule has 0 aliphatic carbocycles. The maximum absolute atomic E-state index is 11.8. The van der Waals surface area contributed by atoms with Crippen molar-refractivity contribution in [3.05, 3.63) is 29.3 Å². The number of hydrogen-bond acceptors (Lipinski definition) is 4. The fraction of sp³-hybridized carbons (Fsp3) is 0.333. The van der Waals surface area contributed by atoms with Crippen molar-refractivity contribution in [3.8, 4) is 5.75 Å². The largest absolute Gasteiger partial charge is 0.496 e. The van der Waals surface area contributed by atoms with E-state index in [1.54, 1.807) is 0 Å². The van der Waals surface area contributed by atoms with Gasteiger partial charge in [0.15, 0.2) is 11.9 Å². The highest BCUT2D eigenvalue weighted by Crippen LogP contribution is 2.25. The van der Waals surface area contributed by atoms with Crippen molar-refractivity contribution < 1.29 is 24.5 Å². The molecule has 5 nitrogen and oxygen atoms in total. The van der Waals surface area contributed by atoms with Gasteiger partial charge in [0.2, 0.25) is 0 Å². The number of Topliss-reactive ketones (excluding diaryl/α,β-unsaturated/α-hetero) is 1. The van der Waals surface area contributed by atoms with Gasteiger partial charge in [-0.25, -0.2) is 4.79 Å². The van der Waals surface area contributed by atoms with Crippen molar-refractivity contribution in [1.29, 1.82) is 0 Å². The van der Waals surface area contributed by atoms with Crippen LogP contribution in [0.3, 0.4) is 0 Å². The Labute approximate surface area is 113 Å². The van der Waals surface area contributed by atoms with Gasteiger partial charge in [0.25, 0.3) is 0 Å². The number of aliphatic carboxylic acids is 1. The molecule has 0 aromatic heterocycles. The summed E-state index contributed by atoms with van der Waals surface area (Å²) in [4.78, 5) is 22.4. The fourth-order valence-corrected chi connectivity index (χ4v) is 1.83. The molecule has 0 spiro atoms. The van der Waals surface area contributed by atoms with Crippen molar-refractivity contribution >= 4 is 27.7 Å². The monoisotopic (exact) mass is 316 g/mol. The maximum atomic E-state index is 11.8. The molecule has 18 heavy (non-hydrogen) atoms. The van der Waals surface area contributed by atoms with E-state index >= 15 is 0 Å². The van der Waals surface area contributed by atoms with E-state index in [0.717, 1.165) is 0 Å². The summed E-state index contributed by atoms with van der Waals surface area (Å²) in [5, 5.41) is 18.6. The number of halogens is 1. The molecule has 1 atom stereocenters. The molecule has 1 rings (SSSR count). The van der Waals surface area contributed by atoms with Crippen LogP contribution in [0.2, 0.25) is 0 Å². The third-order valence-electron chi connectivity index (χ3n) is 2.40. The molecular formula is C12H13BrO5. The minimum absolute atomic E-state index is 0.111. The summed E-state index contributed by atoms with van der Waals surface area (Å²) >= 11 is 3.17. The smallest absolute Gasteiger partial charge is 0.337 e. The highest BCUT2D eigenvalue weighted by Gasteiger charge is 2.19. The average molecular weight is 317 g/mol. The Morgan fingerprint density at radius 1 is 1.44 bits per heavy atom. The zero-order chi connectivity index (χ0) is 13.7. The Morgan fingerprint density at radius 2 is 2.11 bits per heavy atom. The van der Waals surface area contributed by atoms with Gasteiger partial charge in [0, 0.05) is 11.8 Å². The van der Waals surface area contributed by atoms with Gasteiger partial charge in [-0.3, -0.25) is 4.79 Å². The van der Waals surface area contributed by atoms with Gasteiger partial charge in [0.1, 0.15) is 5.75 Å². The maximum Gasteiger partial charge on any atom is 0.337 e. The standard InChI is InChI=1S/C12H13BrO5/c1-18-10-6-7(11(15)12(16)17)2-3-8(10)9(14)4-5-13/h2-3,6,11,15H,4-5H2,1H3,(H,16,17). The number of methoxy groups -OCH3 is 1. The van der Waals surface area contributed by atoms with Gasteiger partial charge in [-0.2, -0.15) is 0 Å². The van der Waals surface area contributed by atoms with Crippen molar-refractivity contribution in [2.24, 2.45) is 0 Å². The highest BCUT2D eigenvalue weighted by molar-refractivity contribution is 9.09. The Kier molecular flexibility index (Phi) is 5.30. The molecule has 1 aromatic carbocycles. The molecular weight excluding hydrogens is 304 g/mol. The number of carbonyl (C=O) groups is 2. The molecule has 0 saturated carbocycles. The lowest BCUT2D eigenvalue weighted by Gasteiger charge is -2.11. The summed E-state index contributed by atoms with van der Waals surface area (Å²) < 4.78 is 5.04. The van der Waals surface area contributed by atoms with Crippen LogP contribution in [0.4, 0.5) is 0 Å². The summed E-state index contributed by atoms with van der Waals surface area (Å²) in [5.41, 5.74) is 0.549. The second kappa shape index (κ2) is 6.51. The van der Waals surface area contributed by atoms with Crippen LogP contribution in [0, 0.1) is 0 Å². The number of carbonyl (C=O) groups excluding carboxylic acids is 1. The van der Waals surface area contributed by atoms with Crippen molar-refractivity contribution in [2.75, 3.05) is 12.4 Å². The van der Waals surface area contributed by atoms with Crippen LogP contribution in [0.15, 0.2) is 18.2 Å². The van der Waals surface area contributed by atoms with Crippen LogP contribution in [0.1, 0.15) is 28.4 Å². The first-order valence-electron chi connectivity index (χ1n) is 5.19. The Morgan fingerprint density at radius 3 is 2.61 bits per heavy atom. The lowest BCUT2D eigenvalue weighted by atomic mass is 10.0. The molecule has 0 heterocycles. The molecule has 6 heteroatoms. The summed E-state index contributed by atoms with van der Waals surface area (Å²) in [6.45, 7) is 0. The van der Waals surface area contributed by atoms with E-state index < -0.39 is 12.1 Å². The van der Waals surface area contributed by atoms with E-state index in [-0.39, 0.29) is 17.1 Å². The molecule has 1 unspecified atom stereocenters. The zero-order valence-electron chi connectivity index (χ0n) is 9.72. The number of rotatable bonds is 6. The first-order valence-corrected chi connectivity index (χ1v) is 6.31. The predicted molar refractivity (Wildman–Crippen MR) is 68.3 cm³/mol. The van der Waals surface area contributed by atoms with Gasteiger partial charge in [-0.05, 0) is 17.7 Å². The molecule has 0 aliphatic heterocycles. The number of ether oxygens (including phenoxy) is 1. The quantitative estimate of drug-likeness (QED) is 0.617. The number of carboxylic acids is 1. The van der Waals surface area contributed by atoms with E-state index in [1.807, 2.05) is 0 Å². The molecule has 0 bridgehead atoms. The van der Waals surface area contributed by atoms with Crippen LogP contribution in [-0.4, -0.2) is 34.4 Å². The van der Waals surface area contributed by atoms with Crippen LogP contribution in [-0.2, 0) is 4.79 Å². The number of aliphatic hydroxyl groups is 1. The summed E-state index contributed by atoms with van der Waals surface area (Å²) in [7, 11) is 1.39. The van der Waals surface area contributed by atoms with Crippen LogP contribution in [0.25, 0.3) is 0 Å². The van der Waals surface area contributed by atoms with E-state index in [0.29, 0.717) is 17.3 Å². The number of aliphatic hydroxyl groups excluding tert-OH is 1. The number of hydrogen-bond donors (Lipinski definition) is 2. The second-order valence-corrected chi connectivity index (χ2v) is 4.36. The van der Waals surface area contributed by atoms with Crippen LogP contribution >= 0.6 is 15.9 Å². The second-order valence-electron chi connectivity index (χ2n) is 3.56. The topological polar surface area (TPSA) is 83.8 Å². The molecule has 0 radical (unpaired) electrons. The minimum atomic E-state index is -1.63. The minimum Gasteiger partial charge on any atom is -0.496 e. The van der Waals surface area contributed by atoms with Crippen molar-refractivity contribution in [2.45, 2.75) is 12.5 Å². The van der Waals surface area contributed by atoms with E-state index in [1.165, 1.54) is 25.3 Å². The third-order valence-corrected chi connectivity index (χ3v) is 2.79. The predicted octanol–water partition coefficient (Wildman–Crippen LogP) is 1.78. The molecule has 0 aliphatic rings. The average Bonchev–Trinajstić information content (AvgIpc) is 2.37. The van der Waals surface area contributed by atoms with E-state index in [2.05, 4.69) is 15.9 Å². The fourth-order valence-electron chi connectivity index (χ4n) is 1.47. The zero-order valence-corrected chi connectivity index (χ0v) is 11.3. The lowest BCUT2D eigenvalue weighted by molar-refractivity contribution is -0.146. The van der Waals surface area contributed by atoms with Crippen molar-refractivity contribution in [3.63, 3.8) is 0 Å². The van der Waals surface area contributed by atoms with Gasteiger partial charge in [-0.1, -0.05) is 22.0 Å². The van der Waals surface area contributed by atoms with E-state index in [4.69, 9.17) is 9.84 Å². The molecule has 1 aromatic rings. The van der Waals surface area contributed by atoms with Gasteiger partial charge in [-0.15, -0.1) is 0 Å². The Bertz CT molecular complexity index is 458. The number of alkyl halides is 1. The summed E-state index contributed by atoms with van der Waals surface area (Å²) in [6, 6.07) is 4.23. The molecule has 0 saturated heterocycles. The SMILES string of the molecule is COc1cc(C(O)C(=O)O)ccc1C(=O)CCBr. The summed E-state index contributed by atoms with van der Waals surface area (Å²) in [6.07, 6.45) is -1.31. The number of benzene rings is 1. The molecule has 98 valence electrons. The molecule has 2 N–H and O–H groups in total. The molecule has 0 amide bonds. The van der Waals surface area contributed by atoms with Gasteiger partial charge >= 0.3 is 5.97 Å². The Balaban J connectivity index is 3.11. The van der Waals surface area contributed by atoms with Crippen LogP contribution < -0.4 is 4.74 Å². The van der Waals surface area contributed by atoms with Gasteiger partial charge < -0.3 is 14.9 Å².